The van der Waals surface area contributed by atoms with Gasteiger partial charge in [0, 0.05) is 25.0 Å². The van der Waals surface area contributed by atoms with Crippen LogP contribution >= 0.6 is 11.8 Å². The Kier molecular flexibility index (Phi) is 4.53. The Hall–Kier alpha value is -2.42. The molecule has 0 bridgehead atoms. The van der Waals surface area contributed by atoms with Crippen LogP contribution in [0.5, 0.6) is 0 Å². The van der Waals surface area contributed by atoms with E-state index in [9.17, 15) is 9.59 Å². The Labute approximate surface area is 125 Å². The average Bonchev–Trinajstić information content (AvgIpc) is 2.80. The second kappa shape index (κ2) is 6.35. The lowest BCUT2D eigenvalue weighted by Gasteiger charge is -2.09. The smallest absolute Gasteiger partial charge is 0.318 e. The van der Waals surface area contributed by atoms with Crippen LogP contribution in [0.1, 0.15) is 6.92 Å². The Morgan fingerprint density at radius 2 is 2.00 bits per heavy atom. The highest BCUT2D eigenvalue weighted by molar-refractivity contribution is 8.00. The van der Waals surface area contributed by atoms with Gasteiger partial charge in [0.25, 0.3) is 0 Å². The molecule has 0 aliphatic heterocycles. The van der Waals surface area contributed by atoms with Gasteiger partial charge in [-0.15, -0.1) is 10.2 Å². The first-order chi connectivity index (χ1) is 9.99. The van der Waals surface area contributed by atoms with Gasteiger partial charge in [-0.1, -0.05) is 11.8 Å². The van der Waals surface area contributed by atoms with Gasteiger partial charge in [-0.05, 0) is 19.1 Å². The largest absolute Gasteiger partial charge is 0.351 e. The van der Waals surface area contributed by atoms with E-state index in [0.717, 1.165) is 5.56 Å². The molecule has 2 aromatic heterocycles. The van der Waals surface area contributed by atoms with E-state index >= 15 is 0 Å². The van der Waals surface area contributed by atoms with Crippen LogP contribution in [0.15, 0.2) is 29.7 Å². The van der Waals surface area contributed by atoms with E-state index in [0.29, 0.717) is 11.0 Å². The monoisotopic (exact) mass is 306 g/mol. The van der Waals surface area contributed by atoms with Crippen molar-refractivity contribution in [2.45, 2.75) is 17.3 Å². The van der Waals surface area contributed by atoms with Gasteiger partial charge >= 0.3 is 6.03 Å². The number of aromatic nitrogens is 4. The van der Waals surface area contributed by atoms with Crippen LogP contribution in [0.4, 0.5) is 4.79 Å². The molecule has 0 aliphatic carbocycles. The number of hydrogen-bond donors (Lipinski definition) is 2. The summed E-state index contributed by atoms with van der Waals surface area (Å²) in [5, 5.41) is 10.2. The van der Waals surface area contributed by atoms with Crippen molar-refractivity contribution in [1.29, 1.82) is 0 Å². The molecule has 3 N–H and O–H groups in total. The third-order valence-electron chi connectivity index (χ3n) is 2.67. The molecule has 9 heteroatoms. The van der Waals surface area contributed by atoms with Gasteiger partial charge in [-0.2, -0.15) is 0 Å². The van der Waals surface area contributed by atoms with E-state index in [1.54, 1.807) is 30.9 Å². The summed E-state index contributed by atoms with van der Waals surface area (Å²) in [4.78, 5) is 26.3. The lowest BCUT2D eigenvalue weighted by atomic mass is 10.2. The fraction of sp³-hybridized carbons (Fsp3) is 0.250. The van der Waals surface area contributed by atoms with Crippen LogP contribution in [-0.2, 0) is 11.8 Å². The van der Waals surface area contributed by atoms with E-state index in [1.165, 1.54) is 11.8 Å². The fourth-order valence-corrected chi connectivity index (χ4v) is 2.42. The van der Waals surface area contributed by atoms with Gasteiger partial charge in [-0.25, -0.2) is 4.79 Å². The number of nitrogens with two attached hydrogens (primary N) is 1. The minimum atomic E-state index is -0.872. The van der Waals surface area contributed by atoms with Gasteiger partial charge < -0.3 is 10.3 Å². The molecule has 8 nitrogen and oxygen atoms in total. The van der Waals surface area contributed by atoms with Gasteiger partial charge in [0.1, 0.15) is 0 Å². The van der Waals surface area contributed by atoms with Crippen LogP contribution in [0.3, 0.4) is 0 Å². The third-order valence-corrected chi connectivity index (χ3v) is 3.81. The average molecular weight is 306 g/mol. The summed E-state index contributed by atoms with van der Waals surface area (Å²) in [5.41, 5.74) is 5.79. The Morgan fingerprint density at radius 1 is 1.33 bits per heavy atom. The maximum atomic E-state index is 11.6. The van der Waals surface area contributed by atoms with Crippen LogP contribution in [0.25, 0.3) is 11.4 Å². The molecule has 2 heterocycles. The van der Waals surface area contributed by atoms with Gasteiger partial charge in [0.05, 0.1) is 5.25 Å². The molecule has 0 saturated carbocycles. The molecule has 0 fully saturated rings. The molecule has 21 heavy (non-hydrogen) atoms. The van der Waals surface area contributed by atoms with Gasteiger partial charge in [0.15, 0.2) is 11.0 Å². The zero-order chi connectivity index (χ0) is 15.4. The van der Waals surface area contributed by atoms with Crippen LogP contribution in [0.2, 0.25) is 0 Å². The highest BCUT2D eigenvalue weighted by Crippen LogP contribution is 2.25. The Bertz CT molecular complexity index is 657. The first kappa shape index (κ1) is 15.0. The first-order valence-corrected chi connectivity index (χ1v) is 6.93. The highest BCUT2D eigenvalue weighted by atomic mass is 32.2. The summed E-state index contributed by atoms with van der Waals surface area (Å²) in [6.07, 6.45) is 3.33. The Morgan fingerprint density at radius 3 is 2.62 bits per heavy atom. The summed E-state index contributed by atoms with van der Waals surface area (Å²) in [6.45, 7) is 1.66. The van der Waals surface area contributed by atoms with Gasteiger partial charge in [0.2, 0.25) is 5.91 Å². The molecular formula is C12H14N6O2S. The van der Waals surface area contributed by atoms with Crippen molar-refractivity contribution in [2.24, 2.45) is 12.8 Å². The van der Waals surface area contributed by atoms with Crippen LogP contribution in [-0.4, -0.2) is 36.9 Å². The zero-order valence-corrected chi connectivity index (χ0v) is 12.3. The molecule has 0 spiro atoms. The molecule has 0 saturated heterocycles. The number of nitrogens with one attached hydrogen (secondary N) is 1. The van der Waals surface area contributed by atoms with Crippen LogP contribution in [0, 0.1) is 0 Å². The predicted octanol–water partition coefficient (Wildman–Crippen LogP) is 0.553. The van der Waals surface area contributed by atoms with E-state index < -0.39 is 17.2 Å². The standard InChI is InChI=1S/C12H14N6O2S/c1-7(10(19)15-11(13)20)21-12-17-16-9(18(12)2)8-3-5-14-6-4-8/h3-7H,1-2H3,(H3,13,15,19,20)/t7-/m1/s1. The second-order valence-corrected chi connectivity index (χ2v) is 5.52. The number of thioether (sulfide) groups is 1. The minimum absolute atomic E-state index is 0.471. The van der Waals surface area contributed by atoms with Crippen molar-refractivity contribution < 1.29 is 9.59 Å². The summed E-state index contributed by atoms with van der Waals surface area (Å²) in [7, 11) is 1.80. The maximum absolute atomic E-state index is 11.6. The predicted molar refractivity (Wildman–Crippen MR) is 77.3 cm³/mol. The third kappa shape index (κ3) is 3.57. The summed E-state index contributed by atoms with van der Waals surface area (Å²) >= 11 is 1.19. The SMILES string of the molecule is C[C@@H](Sc1nnc(-c2ccncc2)n1C)C(=O)NC(N)=O. The first-order valence-electron chi connectivity index (χ1n) is 6.05. The number of primary amides is 1. The lowest BCUT2D eigenvalue weighted by molar-refractivity contribution is -0.119. The minimum Gasteiger partial charge on any atom is -0.351 e. The molecule has 1 atom stereocenters. The van der Waals surface area contributed by atoms with E-state index in [4.69, 9.17) is 5.73 Å². The number of rotatable bonds is 4. The molecule has 0 unspecified atom stereocenters. The van der Waals surface area contributed by atoms with E-state index in [1.807, 2.05) is 17.4 Å². The molecular weight excluding hydrogens is 292 g/mol. The number of carbonyl (C=O) groups excluding carboxylic acids is 2. The molecule has 3 amide bonds. The highest BCUT2D eigenvalue weighted by Gasteiger charge is 2.20. The summed E-state index contributed by atoms with van der Waals surface area (Å²) in [5.74, 6) is 0.198. The molecule has 0 aromatic carbocycles. The molecule has 2 aromatic rings. The second-order valence-electron chi connectivity index (χ2n) is 4.21. The van der Waals surface area contributed by atoms with Crippen molar-refractivity contribution in [1.82, 2.24) is 25.1 Å². The maximum Gasteiger partial charge on any atom is 0.318 e. The topological polar surface area (TPSA) is 116 Å². The normalized spacial score (nSPS) is 11.9. The molecule has 110 valence electrons. The number of carbonyl (C=O) groups is 2. The van der Waals surface area contributed by atoms with Crippen molar-refractivity contribution in [3.8, 4) is 11.4 Å². The number of imide groups is 1. The quantitative estimate of drug-likeness (QED) is 0.797. The number of urea groups is 1. The Balaban J connectivity index is 2.14. The van der Waals surface area contributed by atoms with Crippen molar-refractivity contribution in [2.75, 3.05) is 0 Å². The molecule has 2 rings (SSSR count). The molecule has 0 radical (unpaired) electrons. The number of nitrogens with zero attached hydrogens (tertiary/aromatic N) is 4. The van der Waals surface area contributed by atoms with Crippen LogP contribution < -0.4 is 11.1 Å². The number of hydrogen-bond acceptors (Lipinski definition) is 6. The van der Waals surface area contributed by atoms with E-state index in [-0.39, 0.29) is 0 Å². The summed E-state index contributed by atoms with van der Waals surface area (Å²) < 4.78 is 1.77. The number of pyridine rings is 1. The summed E-state index contributed by atoms with van der Waals surface area (Å²) in [6, 6.07) is 2.77. The van der Waals surface area contributed by atoms with Crippen molar-refractivity contribution >= 4 is 23.7 Å². The zero-order valence-electron chi connectivity index (χ0n) is 11.5. The van der Waals surface area contributed by atoms with Crippen molar-refractivity contribution in [3.05, 3.63) is 24.5 Å². The lowest BCUT2D eigenvalue weighted by Crippen LogP contribution is -2.39. The fourth-order valence-electron chi connectivity index (χ4n) is 1.60. The van der Waals surface area contributed by atoms with Gasteiger partial charge in [-0.3, -0.25) is 15.1 Å². The number of amides is 3. The van der Waals surface area contributed by atoms with Crippen molar-refractivity contribution in [3.63, 3.8) is 0 Å². The molecule has 0 aliphatic rings. The van der Waals surface area contributed by atoms with E-state index in [2.05, 4.69) is 15.2 Å².